The average molecular weight is 428 g/mol. The van der Waals surface area contributed by atoms with Crippen molar-refractivity contribution < 1.29 is 19.1 Å². The second-order valence-corrected chi connectivity index (χ2v) is 8.62. The van der Waals surface area contributed by atoms with E-state index in [4.69, 9.17) is 21.7 Å². The molecule has 0 atom stereocenters. The molecular formula is C20H13NO4S3. The summed E-state index contributed by atoms with van der Waals surface area (Å²) in [5.41, 5.74) is 0. The predicted molar refractivity (Wildman–Crippen MR) is 114 cm³/mol. The molecule has 2 heterocycles. The molecule has 4 rings (SSSR count). The maximum absolute atomic E-state index is 12.3. The number of rotatable bonds is 5. The molecule has 1 aliphatic heterocycles. The van der Waals surface area contributed by atoms with Gasteiger partial charge in [0, 0.05) is 11.0 Å². The predicted octanol–water partition coefficient (Wildman–Crippen LogP) is 4.87. The van der Waals surface area contributed by atoms with Crippen molar-refractivity contribution >= 4 is 68.8 Å². The van der Waals surface area contributed by atoms with E-state index >= 15 is 0 Å². The number of aliphatic carboxylic acids is 1. The van der Waals surface area contributed by atoms with Crippen molar-refractivity contribution in [2.75, 3.05) is 6.54 Å². The molecule has 1 saturated heterocycles. The summed E-state index contributed by atoms with van der Waals surface area (Å²) in [6.45, 7) is -0.442. The van der Waals surface area contributed by atoms with Crippen LogP contribution in [0.1, 0.15) is 5.76 Å². The van der Waals surface area contributed by atoms with Crippen LogP contribution in [0.15, 0.2) is 73.9 Å². The molecule has 2 aromatic carbocycles. The van der Waals surface area contributed by atoms with Crippen LogP contribution >= 0.6 is 35.7 Å². The summed E-state index contributed by atoms with van der Waals surface area (Å²) in [6.07, 6.45) is 1.59. The van der Waals surface area contributed by atoms with E-state index in [2.05, 4.69) is 18.2 Å². The van der Waals surface area contributed by atoms with E-state index in [1.165, 1.54) is 11.8 Å². The largest absolute Gasteiger partial charge is 0.480 e. The third kappa shape index (κ3) is 3.84. The number of hydrogen-bond acceptors (Lipinski definition) is 6. The molecule has 0 unspecified atom stereocenters. The van der Waals surface area contributed by atoms with E-state index in [1.807, 2.05) is 30.3 Å². The number of benzene rings is 2. The van der Waals surface area contributed by atoms with Crippen molar-refractivity contribution in [3.63, 3.8) is 0 Å². The fourth-order valence-electron chi connectivity index (χ4n) is 2.76. The van der Waals surface area contributed by atoms with Gasteiger partial charge in [-0.15, -0.1) is 0 Å². The Kier molecular flexibility index (Phi) is 5.25. The summed E-state index contributed by atoms with van der Waals surface area (Å²) < 4.78 is 6.07. The number of carboxylic acid groups (broad SMARTS) is 1. The highest BCUT2D eigenvalue weighted by atomic mass is 32.2. The summed E-state index contributed by atoms with van der Waals surface area (Å²) >= 11 is 7.67. The van der Waals surface area contributed by atoms with Crippen molar-refractivity contribution in [2.45, 2.75) is 9.99 Å². The Morgan fingerprint density at radius 3 is 2.79 bits per heavy atom. The highest BCUT2D eigenvalue weighted by Crippen LogP contribution is 2.36. The molecule has 1 aliphatic rings. The lowest BCUT2D eigenvalue weighted by molar-refractivity contribution is -0.140. The SMILES string of the molecule is O=C(O)CN1C(=O)C(=Cc2ccc(Sc3cccc4ccccc34)o2)SC1=S. The lowest BCUT2D eigenvalue weighted by atomic mass is 10.1. The lowest BCUT2D eigenvalue weighted by Crippen LogP contribution is -2.33. The Balaban J connectivity index is 1.55. The van der Waals surface area contributed by atoms with Gasteiger partial charge in [0.1, 0.15) is 16.6 Å². The van der Waals surface area contributed by atoms with E-state index < -0.39 is 18.4 Å². The fraction of sp³-hybridized carbons (Fsp3) is 0.0500. The smallest absolute Gasteiger partial charge is 0.323 e. The minimum absolute atomic E-state index is 0.232. The molecule has 140 valence electrons. The van der Waals surface area contributed by atoms with Gasteiger partial charge in [0.2, 0.25) is 0 Å². The Bertz CT molecular complexity index is 1130. The number of hydrogen-bond donors (Lipinski definition) is 1. The third-order valence-corrected chi connectivity index (χ3v) is 6.38. The van der Waals surface area contributed by atoms with Crippen LogP contribution in [0.4, 0.5) is 0 Å². The maximum Gasteiger partial charge on any atom is 0.323 e. The second kappa shape index (κ2) is 7.83. The van der Waals surface area contributed by atoms with Gasteiger partial charge >= 0.3 is 5.97 Å². The van der Waals surface area contributed by atoms with Crippen LogP contribution in [-0.4, -0.2) is 32.7 Å². The molecule has 5 nitrogen and oxygen atoms in total. The average Bonchev–Trinajstić information content (AvgIpc) is 3.21. The first-order valence-electron chi connectivity index (χ1n) is 8.24. The maximum atomic E-state index is 12.3. The number of amides is 1. The molecule has 1 N–H and O–H groups in total. The zero-order chi connectivity index (χ0) is 19.7. The Morgan fingerprint density at radius 1 is 1.18 bits per heavy atom. The van der Waals surface area contributed by atoms with Crippen LogP contribution in [-0.2, 0) is 9.59 Å². The lowest BCUT2D eigenvalue weighted by Gasteiger charge is -2.09. The van der Waals surface area contributed by atoms with Gasteiger partial charge in [-0.3, -0.25) is 14.5 Å². The van der Waals surface area contributed by atoms with Gasteiger partial charge < -0.3 is 9.52 Å². The minimum atomic E-state index is -1.11. The number of carboxylic acids is 1. The molecule has 0 spiro atoms. The number of nitrogens with zero attached hydrogens (tertiary/aromatic N) is 1. The Morgan fingerprint density at radius 2 is 1.96 bits per heavy atom. The van der Waals surface area contributed by atoms with Crippen LogP contribution in [0, 0.1) is 0 Å². The van der Waals surface area contributed by atoms with E-state index in [1.54, 1.807) is 12.1 Å². The quantitative estimate of drug-likeness (QED) is 0.460. The summed E-state index contributed by atoms with van der Waals surface area (Å²) in [6, 6.07) is 17.8. The van der Waals surface area contributed by atoms with Gasteiger partial charge in [0.05, 0.1) is 4.91 Å². The molecule has 0 saturated carbocycles. The molecule has 1 aromatic heterocycles. The van der Waals surface area contributed by atoms with Gasteiger partial charge in [-0.1, -0.05) is 72.1 Å². The number of furan rings is 1. The second-order valence-electron chi connectivity index (χ2n) is 5.90. The van der Waals surface area contributed by atoms with Crippen LogP contribution in [0.3, 0.4) is 0 Å². The molecule has 0 aliphatic carbocycles. The number of thiocarbonyl (C=S) groups is 1. The summed E-state index contributed by atoms with van der Waals surface area (Å²) in [4.78, 5) is 25.7. The normalized spacial score (nSPS) is 15.7. The van der Waals surface area contributed by atoms with Crippen molar-refractivity contribution in [2.24, 2.45) is 0 Å². The van der Waals surface area contributed by atoms with Gasteiger partial charge in [-0.05, 0) is 29.0 Å². The standard InChI is InChI=1S/C20H13NO4S3/c22-17(23)11-21-19(24)16(28-20(21)26)10-13-8-9-18(25-13)27-15-7-3-5-12-4-1-2-6-14(12)15/h1-10H,11H2,(H,22,23). The van der Waals surface area contributed by atoms with Crippen LogP contribution < -0.4 is 0 Å². The van der Waals surface area contributed by atoms with Crippen molar-refractivity contribution in [3.05, 3.63) is 65.3 Å². The minimum Gasteiger partial charge on any atom is -0.480 e. The highest BCUT2D eigenvalue weighted by molar-refractivity contribution is 8.26. The topological polar surface area (TPSA) is 70.8 Å². The van der Waals surface area contributed by atoms with Crippen LogP contribution in [0.5, 0.6) is 0 Å². The number of fused-ring (bicyclic) bond motifs is 1. The summed E-state index contributed by atoms with van der Waals surface area (Å²) in [5.74, 6) is -1.01. The molecule has 1 amide bonds. The highest BCUT2D eigenvalue weighted by Gasteiger charge is 2.33. The fourth-order valence-corrected chi connectivity index (χ4v) is 4.93. The van der Waals surface area contributed by atoms with Crippen LogP contribution in [0.2, 0.25) is 0 Å². The van der Waals surface area contributed by atoms with E-state index in [-0.39, 0.29) is 4.32 Å². The molecule has 8 heteroatoms. The molecule has 1 fully saturated rings. The van der Waals surface area contributed by atoms with Gasteiger partial charge in [-0.25, -0.2) is 0 Å². The van der Waals surface area contributed by atoms with Gasteiger partial charge in [-0.2, -0.15) is 0 Å². The van der Waals surface area contributed by atoms with Gasteiger partial charge in [0.25, 0.3) is 5.91 Å². The monoisotopic (exact) mass is 427 g/mol. The van der Waals surface area contributed by atoms with Crippen molar-refractivity contribution in [1.82, 2.24) is 4.90 Å². The van der Waals surface area contributed by atoms with E-state index in [0.29, 0.717) is 15.8 Å². The van der Waals surface area contributed by atoms with E-state index in [9.17, 15) is 9.59 Å². The zero-order valence-electron chi connectivity index (χ0n) is 14.3. The van der Waals surface area contributed by atoms with E-state index in [0.717, 1.165) is 32.3 Å². The summed E-state index contributed by atoms with van der Waals surface area (Å²) in [5, 5.41) is 11.9. The Labute approximate surface area is 174 Å². The third-order valence-electron chi connectivity index (χ3n) is 4.00. The number of thioether (sulfide) groups is 1. The summed E-state index contributed by atoms with van der Waals surface area (Å²) in [7, 11) is 0. The van der Waals surface area contributed by atoms with Crippen molar-refractivity contribution in [1.29, 1.82) is 0 Å². The first-order chi connectivity index (χ1) is 13.5. The first kappa shape index (κ1) is 18.8. The number of carbonyl (C=O) groups is 2. The molecule has 28 heavy (non-hydrogen) atoms. The molecular weight excluding hydrogens is 414 g/mol. The van der Waals surface area contributed by atoms with Gasteiger partial charge in [0.15, 0.2) is 5.09 Å². The zero-order valence-corrected chi connectivity index (χ0v) is 16.8. The number of carbonyl (C=O) groups excluding carboxylic acids is 1. The van der Waals surface area contributed by atoms with Crippen molar-refractivity contribution in [3.8, 4) is 0 Å². The molecule has 0 bridgehead atoms. The van der Waals surface area contributed by atoms with Crippen LogP contribution in [0.25, 0.3) is 16.8 Å². The molecule has 0 radical (unpaired) electrons. The first-order valence-corrected chi connectivity index (χ1v) is 10.3. The molecule has 3 aromatic rings. The Hall–Kier alpha value is -2.55.